The molecule has 0 fully saturated rings. The molecule has 1 aromatic carbocycles. The second-order valence-electron chi connectivity index (χ2n) is 4.65. The Hall–Kier alpha value is -2.96. The van der Waals surface area contributed by atoms with Gasteiger partial charge in [0.15, 0.2) is 5.69 Å². The van der Waals surface area contributed by atoms with Gasteiger partial charge in [0.2, 0.25) is 0 Å². The smallest absolute Gasteiger partial charge is 0.277 e. The maximum absolute atomic E-state index is 12.2. The van der Waals surface area contributed by atoms with Crippen LogP contribution in [0, 0.1) is 13.8 Å². The predicted molar refractivity (Wildman–Crippen MR) is 77.4 cm³/mol. The first-order valence-electron chi connectivity index (χ1n) is 6.46. The Kier molecular flexibility index (Phi) is 3.23. The van der Waals surface area contributed by atoms with Gasteiger partial charge in [-0.3, -0.25) is 9.89 Å². The van der Waals surface area contributed by atoms with Gasteiger partial charge in [-0.05, 0) is 26.0 Å². The Labute approximate surface area is 121 Å². The third kappa shape index (κ3) is 2.53. The molecular weight excluding hydrogens is 268 g/mol. The topological polar surface area (TPSA) is 88.5 Å². The minimum atomic E-state index is -0.315. The summed E-state index contributed by atoms with van der Waals surface area (Å²) in [6, 6.07) is 9.49. The Morgan fingerprint density at radius 1 is 1.24 bits per heavy atom. The average Bonchev–Trinajstić information content (AvgIpc) is 3.11. The summed E-state index contributed by atoms with van der Waals surface area (Å²) in [5.41, 5.74) is 3.31. The van der Waals surface area contributed by atoms with E-state index in [1.165, 1.54) is 0 Å². The molecule has 0 aliphatic carbocycles. The van der Waals surface area contributed by atoms with E-state index < -0.39 is 0 Å². The van der Waals surface area contributed by atoms with Gasteiger partial charge in [-0.25, -0.2) is 4.68 Å². The fourth-order valence-corrected chi connectivity index (χ4v) is 1.99. The quantitative estimate of drug-likeness (QED) is 0.767. The minimum Gasteiger partial charge on any atom is -0.317 e. The van der Waals surface area contributed by atoms with Crippen molar-refractivity contribution in [2.45, 2.75) is 13.8 Å². The summed E-state index contributed by atoms with van der Waals surface area (Å²) >= 11 is 0. The zero-order valence-electron chi connectivity index (χ0n) is 11.7. The van der Waals surface area contributed by atoms with Crippen molar-refractivity contribution < 1.29 is 4.79 Å². The van der Waals surface area contributed by atoms with Crippen molar-refractivity contribution in [2.75, 3.05) is 5.32 Å². The first-order valence-corrected chi connectivity index (χ1v) is 6.46. The third-order valence-corrected chi connectivity index (χ3v) is 3.11. The highest BCUT2D eigenvalue weighted by Gasteiger charge is 2.15. The van der Waals surface area contributed by atoms with Crippen molar-refractivity contribution in [1.29, 1.82) is 0 Å². The number of hydrogen-bond donors (Lipinski definition) is 2. The van der Waals surface area contributed by atoms with Gasteiger partial charge in [0.1, 0.15) is 0 Å². The number of aryl methyl sites for hydroxylation is 2. The summed E-state index contributed by atoms with van der Waals surface area (Å²) < 4.78 is 1.56. The van der Waals surface area contributed by atoms with Crippen LogP contribution in [0.15, 0.2) is 36.5 Å². The van der Waals surface area contributed by atoms with Gasteiger partial charge in [-0.1, -0.05) is 23.4 Å². The maximum Gasteiger partial charge on any atom is 0.277 e. The Morgan fingerprint density at radius 3 is 2.67 bits per heavy atom. The van der Waals surface area contributed by atoms with Gasteiger partial charge in [0, 0.05) is 0 Å². The summed E-state index contributed by atoms with van der Waals surface area (Å²) in [6.45, 7) is 3.66. The molecule has 106 valence electrons. The number of anilines is 1. The second kappa shape index (κ2) is 5.20. The molecule has 2 N–H and O–H groups in total. The van der Waals surface area contributed by atoms with Crippen LogP contribution in [0.1, 0.15) is 21.9 Å². The molecule has 0 spiro atoms. The van der Waals surface area contributed by atoms with E-state index in [1.54, 1.807) is 10.9 Å². The lowest BCUT2D eigenvalue weighted by Gasteiger charge is -2.02. The summed E-state index contributed by atoms with van der Waals surface area (Å²) in [7, 11) is 0. The Balaban J connectivity index is 1.82. The van der Waals surface area contributed by atoms with Gasteiger partial charge in [-0.15, -0.1) is 5.10 Å². The highest BCUT2D eigenvalue weighted by atomic mass is 16.2. The van der Waals surface area contributed by atoms with E-state index in [0.29, 0.717) is 5.69 Å². The van der Waals surface area contributed by atoms with Gasteiger partial charge in [0.05, 0.1) is 29.0 Å². The molecule has 0 aliphatic heterocycles. The molecular formula is C14H14N6O. The maximum atomic E-state index is 12.2. The molecule has 7 heteroatoms. The molecule has 0 bridgehead atoms. The highest BCUT2D eigenvalue weighted by Crippen LogP contribution is 2.17. The number of carbonyl (C=O) groups is 1. The van der Waals surface area contributed by atoms with Crippen molar-refractivity contribution in [3.63, 3.8) is 0 Å². The summed E-state index contributed by atoms with van der Waals surface area (Å²) in [5, 5.41) is 17.5. The van der Waals surface area contributed by atoms with E-state index >= 15 is 0 Å². The molecule has 0 radical (unpaired) electrons. The van der Waals surface area contributed by atoms with Crippen molar-refractivity contribution >= 4 is 11.6 Å². The van der Waals surface area contributed by atoms with Crippen molar-refractivity contribution in [2.24, 2.45) is 0 Å². The lowest BCUT2D eigenvalue weighted by molar-refractivity contribution is 0.102. The number of hydrogen-bond acceptors (Lipinski definition) is 4. The van der Waals surface area contributed by atoms with Crippen LogP contribution in [0.3, 0.4) is 0 Å². The number of amides is 1. The number of carbonyl (C=O) groups excluding carboxylic acids is 1. The number of rotatable bonds is 3. The Morgan fingerprint density at radius 2 is 2.00 bits per heavy atom. The van der Waals surface area contributed by atoms with E-state index in [1.807, 2.05) is 44.2 Å². The van der Waals surface area contributed by atoms with Crippen LogP contribution in [0.2, 0.25) is 0 Å². The van der Waals surface area contributed by atoms with Crippen molar-refractivity contribution in [3.05, 3.63) is 53.6 Å². The van der Waals surface area contributed by atoms with Crippen LogP contribution >= 0.6 is 0 Å². The molecule has 2 aromatic heterocycles. The summed E-state index contributed by atoms with van der Waals surface area (Å²) in [4.78, 5) is 12.2. The number of aromatic amines is 1. The van der Waals surface area contributed by atoms with Gasteiger partial charge in [0.25, 0.3) is 5.91 Å². The van der Waals surface area contributed by atoms with Crippen LogP contribution in [0.5, 0.6) is 0 Å². The fraction of sp³-hybridized carbons (Fsp3) is 0.143. The van der Waals surface area contributed by atoms with E-state index in [-0.39, 0.29) is 11.6 Å². The minimum absolute atomic E-state index is 0.249. The zero-order chi connectivity index (χ0) is 14.8. The first kappa shape index (κ1) is 13.0. The fourth-order valence-electron chi connectivity index (χ4n) is 1.99. The van der Waals surface area contributed by atoms with E-state index in [2.05, 4.69) is 25.8 Å². The van der Waals surface area contributed by atoms with Gasteiger partial charge in [-0.2, -0.15) is 5.10 Å². The first-order chi connectivity index (χ1) is 10.1. The third-order valence-electron chi connectivity index (χ3n) is 3.11. The van der Waals surface area contributed by atoms with Crippen molar-refractivity contribution in [3.8, 4) is 5.69 Å². The number of para-hydroxylation sites is 1. The molecule has 0 saturated carbocycles. The molecule has 1 amide bonds. The highest BCUT2D eigenvalue weighted by molar-refractivity contribution is 6.03. The van der Waals surface area contributed by atoms with Crippen LogP contribution < -0.4 is 5.32 Å². The summed E-state index contributed by atoms with van der Waals surface area (Å²) in [5.74, 6) is -0.315. The lowest BCUT2D eigenvalue weighted by Crippen LogP contribution is -2.13. The molecule has 0 saturated heterocycles. The van der Waals surface area contributed by atoms with Crippen LogP contribution in [-0.2, 0) is 0 Å². The molecule has 3 rings (SSSR count). The predicted octanol–water partition coefficient (Wildman–Crippen LogP) is 1.86. The summed E-state index contributed by atoms with van der Waals surface area (Å²) in [6.07, 6.45) is 1.59. The molecule has 0 aliphatic rings. The zero-order valence-corrected chi connectivity index (χ0v) is 11.7. The molecule has 7 nitrogen and oxygen atoms in total. The largest absolute Gasteiger partial charge is 0.317 e. The standard InChI is InChI=1S/C14H14N6O/c1-9-13(10(2)17-16-9)15-14(21)12-8-20(19-18-12)11-6-4-3-5-7-11/h3-8H,1-2H3,(H,15,21)(H,16,17). The molecule has 21 heavy (non-hydrogen) atoms. The normalized spacial score (nSPS) is 10.6. The average molecular weight is 282 g/mol. The van der Waals surface area contributed by atoms with E-state index in [0.717, 1.165) is 17.1 Å². The van der Waals surface area contributed by atoms with E-state index in [9.17, 15) is 4.79 Å². The lowest BCUT2D eigenvalue weighted by atomic mass is 10.3. The number of benzene rings is 1. The van der Waals surface area contributed by atoms with E-state index in [4.69, 9.17) is 0 Å². The SMILES string of the molecule is Cc1n[nH]c(C)c1NC(=O)c1cn(-c2ccccc2)nn1. The molecule has 2 heterocycles. The van der Waals surface area contributed by atoms with Crippen LogP contribution in [-0.4, -0.2) is 31.1 Å². The number of nitrogens with one attached hydrogen (secondary N) is 2. The molecule has 3 aromatic rings. The van der Waals surface area contributed by atoms with Gasteiger partial charge < -0.3 is 5.32 Å². The Bertz CT molecular complexity index is 754. The van der Waals surface area contributed by atoms with Crippen LogP contribution in [0.4, 0.5) is 5.69 Å². The molecule has 0 atom stereocenters. The number of H-pyrrole nitrogens is 1. The van der Waals surface area contributed by atoms with Crippen molar-refractivity contribution in [1.82, 2.24) is 25.2 Å². The van der Waals surface area contributed by atoms with Gasteiger partial charge >= 0.3 is 0 Å². The monoisotopic (exact) mass is 282 g/mol. The van der Waals surface area contributed by atoms with Crippen LogP contribution in [0.25, 0.3) is 5.69 Å². The number of nitrogens with zero attached hydrogens (tertiary/aromatic N) is 4. The number of aromatic nitrogens is 5. The molecule has 0 unspecified atom stereocenters. The second-order valence-corrected chi connectivity index (χ2v) is 4.65.